The molecule has 0 unspecified atom stereocenters. The second-order valence-electron chi connectivity index (χ2n) is 2.29. The van der Waals surface area contributed by atoms with Gasteiger partial charge in [-0.25, -0.2) is 0 Å². The Labute approximate surface area is 79.1 Å². The molecule has 0 aliphatic heterocycles. The first-order chi connectivity index (χ1) is 6.41. The highest BCUT2D eigenvalue weighted by Crippen LogP contribution is 1.81. The Morgan fingerprint density at radius 2 is 1.62 bits per heavy atom. The lowest BCUT2D eigenvalue weighted by atomic mass is 10.7. The summed E-state index contributed by atoms with van der Waals surface area (Å²) in [5, 5.41) is 8.37. The minimum absolute atomic E-state index is 0.0599. The summed E-state index contributed by atoms with van der Waals surface area (Å²) in [6.45, 7) is 4.51. The molecule has 0 fully saturated rings. The van der Waals surface area contributed by atoms with Gasteiger partial charge in [0.1, 0.15) is 6.61 Å². The Kier molecular flexibility index (Phi) is 10.9. The summed E-state index contributed by atoms with van der Waals surface area (Å²) in [5.74, 6) is 0. The largest absolute Gasteiger partial charge is 0.499 e. The maximum absolute atomic E-state index is 8.37. The zero-order valence-electron chi connectivity index (χ0n) is 8.07. The average molecular weight is 190 g/mol. The third kappa shape index (κ3) is 11.4. The molecule has 0 aromatic rings. The molecule has 78 valence electrons. The normalized spacial score (nSPS) is 10.9. The van der Waals surface area contributed by atoms with E-state index < -0.39 is 0 Å². The number of hydrogen-bond donors (Lipinski definition) is 1. The summed E-state index contributed by atoms with van der Waals surface area (Å²) in [6.07, 6.45) is 3.45. The summed E-state index contributed by atoms with van der Waals surface area (Å²) in [5.41, 5.74) is 0. The minimum atomic E-state index is 0.0599. The number of ether oxygens (including phenoxy) is 3. The lowest BCUT2D eigenvalue weighted by Crippen LogP contribution is -2.09. The fourth-order valence-electron chi connectivity index (χ4n) is 0.658. The summed E-state index contributed by atoms with van der Waals surface area (Å²) >= 11 is 0. The molecular weight excluding hydrogens is 172 g/mol. The second kappa shape index (κ2) is 11.4. The highest BCUT2D eigenvalue weighted by atomic mass is 16.5. The van der Waals surface area contributed by atoms with Crippen molar-refractivity contribution in [1.82, 2.24) is 0 Å². The molecule has 4 nitrogen and oxygen atoms in total. The first kappa shape index (κ1) is 12.4. The van der Waals surface area contributed by atoms with Gasteiger partial charge in [0.25, 0.3) is 0 Å². The van der Waals surface area contributed by atoms with Crippen molar-refractivity contribution in [3.8, 4) is 0 Å². The van der Waals surface area contributed by atoms with Crippen molar-refractivity contribution in [2.24, 2.45) is 0 Å². The van der Waals surface area contributed by atoms with Crippen LogP contribution < -0.4 is 0 Å². The maximum Gasteiger partial charge on any atom is 0.111 e. The van der Waals surface area contributed by atoms with Gasteiger partial charge in [0.2, 0.25) is 0 Å². The van der Waals surface area contributed by atoms with E-state index in [2.05, 4.69) is 0 Å². The third-order valence-electron chi connectivity index (χ3n) is 1.19. The summed E-state index contributed by atoms with van der Waals surface area (Å²) in [6, 6.07) is 0. The van der Waals surface area contributed by atoms with E-state index in [9.17, 15) is 0 Å². The van der Waals surface area contributed by atoms with E-state index in [1.54, 1.807) is 6.26 Å². The molecule has 0 saturated carbocycles. The predicted molar refractivity (Wildman–Crippen MR) is 49.5 cm³/mol. The van der Waals surface area contributed by atoms with Gasteiger partial charge >= 0.3 is 0 Å². The Bertz CT molecular complexity index is 114. The lowest BCUT2D eigenvalue weighted by Gasteiger charge is -2.04. The third-order valence-corrected chi connectivity index (χ3v) is 1.19. The van der Waals surface area contributed by atoms with E-state index in [-0.39, 0.29) is 6.61 Å². The van der Waals surface area contributed by atoms with Gasteiger partial charge in [-0.2, -0.15) is 0 Å². The molecule has 0 aromatic heterocycles. The van der Waals surface area contributed by atoms with Crippen LogP contribution in [0.3, 0.4) is 0 Å². The van der Waals surface area contributed by atoms with E-state index >= 15 is 0 Å². The molecule has 0 rings (SSSR count). The Morgan fingerprint density at radius 1 is 1.00 bits per heavy atom. The van der Waals surface area contributed by atoms with Gasteiger partial charge < -0.3 is 19.3 Å². The highest BCUT2D eigenvalue weighted by molar-refractivity contribution is 4.64. The second-order valence-corrected chi connectivity index (χ2v) is 2.29. The molecule has 0 aliphatic carbocycles. The van der Waals surface area contributed by atoms with E-state index in [1.165, 1.54) is 0 Å². The van der Waals surface area contributed by atoms with Crippen LogP contribution in [-0.2, 0) is 14.2 Å². The van der Waals surface area contributed by atoms with Gasteiger partial charge in [0.05, 0.1) is 39.3 Å². The number of hydrogen-bond acceptors (Lipinski definition) is 4. The maximum atomic E-state index is 8.37. The van der Waals surface area contributed by atoms with Crippen LogP contribution in [-0.4, -0.2) is 44.7 Å². The van der Waals surface area contributed by atoms with Crippen molar-refractivity contribution in [1.29, 1.82) is 0 Å². The molecule has 1 N–H and O–H groups in total. The highest BCUT2D eigenvalue weighted by Gasteiger charge is 1.88. The van der Waals surface area contributed by atoms with Crippen molar-refractivity contribution in [2.75, 3.05) is 39.6 Å². The molecule has 0 aliphatic rings. The van der Waals surface area contributed by atoms with Gasteiger partial charge in [-0.1, -0.05) is 6.08 Å². The summed E-state index contributed by atoms with van der Waals surface area (Å²) < 4.78 is 15.2. The Morgan fingerprint density at radius 3 is 2.23 bits per heavy atom. The lowest BCUT2D eigenvalue weighted by molar-refractivity contribution is 0.0203. The van der Waals surface area contributed by atoms with Gasteiger partial charge in [0, 0.05) is 0 Å². The average Bonchev–Trinajstić information content (AvgIpc) is 2.16. The van der Waals surface area contributed by atoms with Gasteiger partial charge in [-0.15, -0.1) is 0 Å². The monoisotopic (exact) mass is 190 g/mol. The Hall–Kier alpha value is -0.580. The summed E-state index contributed by atoms with van der Waals surface area (Å²) in [7, 11) is 0. The van der Waals surface area contributed by atoms with Crippen LogP contribution in [0.4, 0.5) is 0 Å². The van der Waals surface area contributed by atoms with Crippen LogP contribution in [0.2, 0.25) is 0 Å². The molecule has 0 bridgehead atoms. The van der Waals surface area contributed by atoms with Crippen molar-refractivity contribution in [2.45, 2.75) is 6.92 Å². The molecule has 0 aromatic carbocycles. The fourth-order valence-corrected chi connectivity index (χ4v) is 0.658. The van der Waals surface area contributed by atoms with E-state index in [0.717, 1.165) is 0 Å². The molecule has 0 saturated heterocycles. The van der Waals surface area contributed by atoms with E-state index in [4.69, 9.17) is 19.3 Å². The molecule has 13 heavy (non-hydrogen) atoms. The zero-order valence-corrected chi connectivity index (χ0v) is 8.07. The number of aliphatic hydroxyl groups is 1. The van der Waals surface area contributed by atoms with Crippen LogP contribution in [0.25, 0.3) is 0 Å². The Balaban J connectivity index is 2.83. The number of aliphatic hydroxyl groups excluding tert-OH is 1. The van der Waals surface area contributed by atoms with Crippen molar-refractivity contribution >= 4 is 0 Å². The van der Waals surface area contributed by atoms with Crippen LogP contribution in [0.15, 0.2) is 12.3 Å². The SMILES string of the molecule is C/C=C/OCCOCCOCCO. The molecule has 0 spiro atoms. The fraction of sp³-hybridized carbons (Fsp3) is 0.778. The number of allylic oxidation sites excluding steroid dienone is 1. The molecule has 0 atom stereocenters. The molecule has 0 radical (unpaired) electrons. The molecular formula is C9H18O4. The smallest absolute Gasteiger partial charge is 0.111 e. The van der Waals surface area contributed by atoms with Crippen LogP contribution in [0.1, 0.15) is 6.92 Å². The van der Waals surface area contributed by atoms with E-state index in [1.807, 2.05) is 13.0 Å². The molecule has 4 heteroatoms. The predicted octanol–water partition coefficient (Wildman–Crippen LogP) is 0.562. The molecule has 0 amide bonds. The topological polar surface area (TPSA) is 47.9 Å². The van der Waals surface area contributed by atoms with Crippen LogP contribution in [0, 0.1) is 0 Å². The minimum Gasteiger partial charge on any atom is -0.499 e. The first-order valence-electron chi connectivity index (χ1n) is 4.41. The number of rotatable bonds is 9. The van der Waals surface area contributed by atoms with Crippen LogP contribution in [0.5, 0.6) is 0 Å². The standard InChI is InChI=1S/C9H18O4/c1-2-4-11-6-8-13-9-7-12-5-3-10/h2,4,10H,3,5-9H2,1H3/b4-2+. The van der Waals surface area contributed by atoms with Gasteiger partial charge in [0.15, 0.2) is 0 Å². The molecule has 0 heterocycles. The van der Waals surface area contributed by atoms with Gasteiger partial charge in [-0.3, -0.25) is 0 Å². The zero-order chi connectivity index (χ0) is 9.78. The van der Waals surface area contributed by atoms with Crippen molar-refractivity contribution in [3.63, 3.8) is 0 Å². The van der Waals surface area contributed by atoms with E-state index in [0.29, 0.717) is 33.0 Å². The van der Waals surface area contributed by atoms with Crippen molar-refractivity contribution < 1.29 is 19.3 Å². The van der Waals surface area contributed by atoms with Crippen LogP contribution >= 0.6 is 0 Å². The summed E-state index contributed by atoms with van der Waals surface area (Å²) in [4.78, 5) is 0. The van der Waals surface area contributed by atoms with Crippen molar-refractivity contribution in [3.05, 3.63) is 12.3 Å². The van der Waals surface area contributed by atoms with Gasteiger partial charge in [-0.05, 0) is 6.92 Å². The quantitative estimate of drug-likeness (QED) is 0.426. The first-order valence-corrected chi connectivity index (χ1v) is 4.41.